The third-order valence-electron chi connectivity index (χ3n) is 7.60. The van der Waals surface area contributed by atoms with Gasteiger partial charge in [0.05, 0.1) is 17.9 Å². The molecule has 1 aliphatic rings. The Morgan fingerprint density at radius 1 is 1.20 bits per heavy atom. The second-order valence-corrected chi connectivity index (χ2v) is 10.6. The van der Waals surface area contributed by atoms with E-state index in [1.165, 1.54) is 12.1 Å². The van der Waals surface area contributed by atoms with E-state index < -0.39 is 18.2 Å². The van der Waals surface area contributed by atoms with Crippen LogP contribution in [0, 0.1) is 12.7 Å². The number of Topliss-reactive ketones (excluding diaryl/α,β-unsaturated/α-hetero) is 1. The number of imidazole rings is 1. The van der Waals surface area contributed by atoms with Gasteiger partial charge in [-0.15, -0.1) is 0 Å². The van der Waals surface area contributed by atoms with Crippen molar-refractivity contribution in [3.63, 3.8) is 0 Å². The number of hydrogen-bond donors (Lipinski definition) is 3. The lowest BCUT2D eigenvalue weighted by Crippen LogP contribution is -2.47. The molecule has 0 radical (unpaired) electrons. The van der Waals surface area contributed by atoms with Crippen LogP contribution in [-0.2, 0) is 4.79 Å². The lowest BCUT2D eigenvalue weighted by Gasteiger charge is -2.32. The molecule has 4 atom stereocenters. The second-order valence-electron chi connectivity index (χ2n) is 10.6. The van der Waals surface area contributed by atoms with Crippen molar-refractivity contribution in [2.24, 2.45) is 0 Å². The van der Waals surface area contributed by atoms with E-state index in [2.05, 4.69) is 20.4 Å². The normalized spacial score (nSPS) is 17.7. The fourth-order valence-corrected chi connectivity index (χ4v) is 5.45. The van der Waals surface area contributed by atoms with Crippen molar-refractivity contribution in [1.29, 1.82) is 0 Å². The number of aliphatic hydroxyl groups is 1. The van der Waals surface area contributed by atoms with Crippen LogP contribution in [0.25, 0.3) is 11.3 Å². The highest BCUT2D eigenvalue weighted by Crippen LogP contribution is 2.34. The topological polar surface area (TPSA) is 124 Å². The van der Waals surface area contributed by atoms with Gasteiger partial charge in [0.1, 0.15) is 23.6 Å². The standard InChI is InChI=1S/C31H34FN5O4/c1-19(30-33-18-26(34-30)22-11-6-7-12-23(22)32)15-28(38)24(35-31(40)25-16-20(2)41-36-25)17-29(39)37-14-8-13-27(37)21-9-4-3-5-10-21/h3-7,9-12,16,18-19,24,27,29,39H,8,13-15,17H2,1-2H3,(H,33,34)(H,35,40)/t19-,24+,27-,29?/m1/s1. The van der Waals surface area contributed by atoms with Gasteiger partial charge in [-0.2, -0.15) is 0 Å². The number of H-pyrrole nitrogens is 1. The quantitative estimate of drug-likeness (QED) is 0.238. The van der Waals surface area contributed by atoms with Crippen LogP contribution < -0.4 is 5.32 Å². The van der Waals surface area contributed by atoms with E-state index in [1.54, 1.807) is 31.3 Å². The molecule has 2 aromatic heterocycles. The first-order chi connectivity index (χ1) is 19.8. The maximum Gasteiger partial charge on any atom is 0.274 e. The predicted molar refractivity (Wildman–Crippen MR) is 150 cm³/mol. The minimum Gasteiger partial charge on any atom is -0.378 e. The van der Waals surface area contributed by atoms with E-state index in [4.69, 9.17) is 4.52 Å². The highest BCUT2D eigenvalue weighted by atomic mass is 19.1. The Hall–Kier alpha value is -4.15. The van der Waals surface area contributed by atoms with Gasteiger partial charge in [-0.25, -0.2) is 9.37 Å². The van der Waals surface area contributed by atoms with Crippen LogP contribution in [0.4, 0.5) is 4.39 Å². The van der Waals surface area contributed by atoms with E-state index in [0.29, 0.717) is 29.4 Å². The van der Waals surface area contributed by atoms with Gasteiger partial charge in [0.25, 0.3) is 5.91 Å². The van der Waals surface area contributed by atoms with Crippen molar-refractivity contribution in [2.45, 2.75) is 63.8 Å². The van der Waals surface area contributed by atoms with E-state index in [0.717, 1.165) is 18.4 Å². The number of carbonyl (C=O) groups is 2. The summed E-state index contributed by atoms with van der Waals surface area (Å²) in [6, 6.07) is 16.9. The van der Waals surface area contributed by atoms with E-state index >= 15 is 0 Å². The Bertz CT molecular complexity index is 1490. The number of benzene rings is 2. The maximum absolute atomic E-state index is 14.3. The van der Waals surface area contributed by atoms with Gasteiger partial charge in [0, 0.05) is 43.0 Å². The zero-order valence-electron chi connectivity index (χ0n) is 23.1. The molecule has 3 N–H and O–H groups in total. The highest BCUT2D eigenvalue weighted by Gasteiger charge is 2.35. The van der Waals surface area contributed by atoms with Crippen LogP contribution in [0.2, 0.25) is 0 Å². The van der Waals surface area contributed by atoms with Gasteiger partial charge in [-0.1, -0.05) is 54.5 Å². The monoisotopic (exact) mass is 559 g/mol. The van der Waals surface area contributed by atoms with Crippen molar-refractivity contribution >= 4 is 11.7 Å². The van der Waals surface area contributed by atoms with Gasteiger partial charge >= 0.3 is 0 Å². The number of amides is 1. The SMILES string of the molecule is Cc1cc(C(=O)N[C@@H](CC(O)N2CCC[C@@H]2c2ccccc2)C(=O)C[C@@H](C)c2ncc(-c3ccccc3F)[nH]2)no1. The van der Waals surface area contributed by atoms with Gasteiger partial charge in [-0.3, -0.25) is 14.5 Å². The Balaban J connectivity index is 1.32. The van der Waals surface area contributed by atoms with Crippen molar-refractivity contribution in [2.75, 3.05) is 6.54 Å². The summed E-state index contributed by atoms with van der Waals surface area (Å²) in [7, 11) is 0. The molecular formula is C31H34FN5O4. The van der Waals surface area contributed by atoms with Crippen molar-refractivity contribution in [1.82, 2.24) is 25.3 Å². The number of nitrogens with one attached hydrogen (secondary N) is 2. The van der Waals surface area contributed by atoms with Crippen molar-refractivity contribution in [3.05, 3.63) is 95.5 Å². The average Bonchev–Trinajstić information content (AvgIpc) is 3.74. The van der Waals surface area contributed by atoms with Gasteiger partial charge in [0.15, 0.2) is 11.5 Å². The summed E-state index contributed by atoms with van der Waals surface area (Å²) in [4.78, 5) is 36.1. The fraction of sp³-hybridized carbons (Fsp3) is 0.355. The van der Waals surface area contributed by atoms with E-state index in [1.807, 2.05) is 42.2 Å². The molecule has 10 heteroatoms. The number of rotatable bonds is 11. The van der Waals surface area contributed by atoms with Gasteiger partial charge < -0.3 is 19.9 Å². The molecule has 214 valence electrons. The molecule has 4 aromatic rings. The third-order valence-corrected chi connectivity index (χ3v) is 7.60. The molecule has 5 rings (SSSR count). The summed E-state index contributed by atoms with van der Waals surface area (Å²) in [5.41, 5.74) is 2.07. The summed E-state index contributed by atoms with van der Waals surface area (Å²) in [5.74, 6) is -0.541. The number of carbonyl (C=O) groups excluding carboxylic acids is 2. The Morgan fingerprint density at radius 2 is 1.95 bits per heavy atom. The number of ketones is 1. The highest BCUT2D eigenvalue weighted by molar-refractivity contribution is 5.96. The zero-order chi connectivity index (χ0) is 28.9. The molecule has 41 heavy (non-hydrogen) atoms. The molecule has 1 saturated heterocycles. The van der Waals surface area contributed by atoms with E-state index in [9.17, 15) is 19.1 Å². The van der Waals surface area contributed by atoms with Crippen molar-refractivity contribution < 1.29 is 23.6 Å². The second kappa shape index (κ2) is 12.6. The molecule has 1 amide bonds. The summed E-state index contributed by atoms with van der Waals surface area (Å²) in [6.07, 6.45) is 2.45. The summed E-state index contributed by atoms with van der Waals surface area (Å²) < 4.78 is 19.3. The number of aryl methyl sites for hydroxylation is 1. The molecule has 0 bridgehead atoms. The molecule has 0 saturated carbocycles. The molecule has 3 heterocycles. The van der Waals surface area contributed by atoms with E-state index in [-0.39, 0.29) is 42.1 Å². The summed E-state index contributed by atoms with van der Waals surface area (Å²) >= 11 is 0. The first-order valence-corrected chi connectivity index (χ1v) is 13.9. The molecule has 1 fully saturated rings. The number of aromatic nitrogens is 3. The molecule has 2 aromatic carbocycles. The number of aliphatic hydroxyl groups excluding tert-OH is 1. The van der Waals surface area contributed by atoms with Crippen LogP contribution in [0.5, 0.6) is 0 Å². The minimum atomic E-state index is -0.977. The van der Waals surface area contributed by atoms with Crippen molar-refractivity contribution in [3.8, 4) is 11.3 Å². The number of aromatic amines is 1. The number of nitrogens with zero attached hydrogens (tertiary/aromatic N) is 3. The smallest absolute Gasteiger partial charge is 0.274 e. The Labute approximate surface area is 237 Å². The largest absolute Gasteiger partial charge is 0.378 e. The lowest BCUT2D eigenvalue weighted by molar-refractivity contribution is -0.123. The Kier molecular flexibility index (Phi) is 8.70. The molecule has 9 nitrogen and oxygen atoms in total. The first-order valence-electron chi connectivity index (χ1n) is 13.9. The molecule has 1 unspecified atom stereocenters. The number of hydrogen-bond acceptors (Lipinski definition) is 7. The average molecular weight is 560 g/mol. The lowest BCUT2D eigenvalue weighted by atomic mass is 9.96. The van der Waals surface area contributed by atoms with Crippen LogP contribution in [0.3, 0.4) is 0 Å². The first kappa shape index (κ1) is 28.4. The fourth-order valence-electron chi connectivity index (χ4n) is 5.45. The van der Waals surface area contributed by atoms with Crippen LogP contribution in [0.1, 0.15) is 72.2 Å². The van der Waals surface area contributed by atoms with Crippen LogP contribution >= 0.6 is 0 Å². The van der Waals surface area contributed by atoms with Crippen LogP contribution in [-0.4, -0.2) is 55.6 Å². The third kappa shape index (κ3) is 6.61. The van der Waals surface area contributed by atoms with Gasteiger partial charge in [-0.05, 0) is 37.5 Å². The number of halogens is 1. The summed E-state index contributed by atoms with van der Waals surface area (Å²) in [6.45, 7) is 4.19. The zero-order valence-corrected chi connectivity index (χ0v) is 23.1. The number of likely N-dealkylation sites (tertiary alicyclic amines) is 1. The molecule has 1 aliphatic heterocycles. The maximum atomic E-state index is 14.3. The molecule has 0 aliphatic carbocycles. The van der Waals surface area contributed by atoms with Gasteiger partial charge in [0.2, 0.25) is 0 Å². The molecule has 0 spiro atoms. The Morgan fingerprint density at radius 3 is 2.68 bits per heavy atom. The van der Waals surface area contributed by atoms with Crippen LogP contribution in [0.15, 0.2) is 71.4 Å². The summed E-state index contributed by atoms with van der Waals surface area (Å²) in [5, 5.41) is 17.9. The predicted octanol–water partition coefficient (Wildman–Crippen LogP) is 4.92. The minimum absolute atomic E-state index is 0.0100. The molecular weight excluding hydrogens is 525 g/mol.